The second-order valence-corrected chi connectivity index (χ2v) is 6.24. The van der Waals surface area contributed by atoms with Crippen molar-refractivity contribution in [3.63, 3.8) is 0 Å². The van der Waals surface area contributed by atoms with Gasteiger partial charge < -0.3 is 10.6 Å². The van der Waals surface area contributed by atoms with Gasteiger partial charge in [-0.2, -0.15) is 11.3 Å². The first kappa shape index (κ1) is 12.6. The lowest BCUT2D eigenvalue weighted by Crippen LogP contribution is -2.26. The van der Waals surface area contributed by atoms with Crippen LogP contribution in [-0.2, 0) is 6.54 Å². The fourth-order valence-electron chi connectivity index (χ4n) is 2.63. The van der Waals surface area contributed by atoms with Gasteiger partial charge in [0.15, 0.2) is 0 Å². The predicted molar refractivity (Wildman–Crippen MR) is 87.5 cm³/mol. The molecule has 0 bridgehead atoms. The van der Waals surface area contributed by atoms with Crippen molar-refractivity contribution < 1.29 is 0 Å². The molecule has 106 valence electrons. The lowest BCUT2D eigenvalue weighted by Gasteiger charge is -2.24. The molecule has 4 nitrogen and oxygen atoms in total. The van der Waals surface area contributed by atoms with Gasteiger partial charge in [-0.1, -0.05) is 0 Å². The van der Waals surface area contributed by atoms with Crippen LogP contribution in [0.1, 0.15) is 18.4 Å². The molecule has 2 aromatic heterocycles. The van der Waals surface area contributed by atoms with Crippen molar-refractivity contribution in [2.75, 3.05) is 10.6 Å². The molecule has 0 saturated heterocycles. The quantitative estimate of drug-likeness (QED) is 0.749. The third kappa shape index (κ3) is 2.45. The van der Waals surface area contributed by atoms with Gasteiger partial charge in [0.1, 0.15) is 12.1 Å². The van der Waals surface area contributed by atoms with Crippen molar-refractivity contribution in [3.05, 3.63) is 46.9 Å². The van der Waals surface area contributed by atoms with Crippen molar-refractivity contribution in [1.82, 2.24) is 9.97 Å². The van der Waals surface area contributed by atoms with E-state index in [1.807, 2.05) is 18.2 Å². The number of thiophene rings is 1. The smallest absolute Gasteiger partial charge is 0.140 e. The maximum Gasteiger partial charge on any atom is 0.140 e. The Hall–Kier alpha value is -2.14. The van der Waals surface area contributed by atoms with Crippen LogP contribution in [0.25, 0.3) is 10.9 Å². The second kappa shape index (κ2) is 5.00. The molecule has 0 atom stereocenters. The SMILES string of the molecule is Nc1ccc2ncnc(N(Cc3ccsc3)C3CC3)c2c1. The van der Waals surface area contributed by atoms with Crippen LogP contribution in [0.3, 0.4) is 0 Å². The molecule has 3 aromatic rings. The number of anilines is 2. The van der Waals surface area contributed by atoms with Crippen LogP contribution < -0.4 is 10.6 Å². The molecule has 0 aliphatic heterocycles. The number of hydrogen-bond donors (Lipinski definition) is 1. The Labute approximate surface area is 127 Å². The number of rotatable bonds is 4. The van der Waals surface area contributed by atoms with Crippen LogP contribution in [-0.4, -0.2) is 16.0 Å². The summed E-state index contributed by atoms with van der Waals surface area (Å²) in [5.41, 5.74) is 8.99. The molecule has 5 heteroatoms. The van der Waals surface area contributed by atoms with E-state index in [-0.39, 0.29) is 0 Å². The van der Waals surface area contributed by atoms with E-state index in [1.165, 1.54) is 18.4 Å². The molecule has 1 aliphatic carbocycles. The van der Waals surface area contributed by atoms with Gasteiger partial charge in [0.2, 0.25) is 0 Å². The van der Waals surface area contributed by atoms with Crippen molar-refractivity contribution in [3.8, 4) is 0 Å². The van der Waals surface area contributed by atoms with Gasteiger partial charge in [0.05, 0.1) is 5.52 Å². The number of nitrogens with two attached hydrogens (primary N) is 1. The number of benzene rings is 1. The fraction of sp³-hybridized carbons (Fsp3) is 0.250. The summed E-state index contributed by atoms with van der Waals surface area (Å²) in [6.45, 7) is 0.898. The summed E-state index contributed by atoms with van der Waals surface area (Å²) in [5.74, 6) is 1.00. The molecule has 2 heterocycles. The second-order valence-electron chi connectivity index (χ2n) is 5.46. The van der Waals surface area contributed by atoms with Crippen LogP contribution >= 0.6 is 11.3 Å². The monoisotopic (exact) mass is 296 g/mol. The highest BCUT2D eigenvalue weighted by Gasteiger charge is 2.31. The van der Waals surface area contributed by atoms with Crippen molar-refractivity contribution in [2.24, 2.45) is 0 Å². The van der Waals surface area contributed by atoms with E-state index in [9.17, 15) is 0 Å². The molecule has 1 aromatic carbocycles. The first-order valence-corrected chi connectivity index (χ1v) is 8.03. The van der Waals surface area contributed by atoms with Crippen LogP contribution in [0.4, 0.5) is 11.5 Å². The number of nitrogens with zero attached hydrogens (tertiary/aromatic N) is 3. The molecule has 1 fully saturated rings. The largest absolute Gasteiger partial charge is 0.399 e. The van der Waals surface area contributed by atoms with Crippen LogP contribution in [0.15, 0.2) is 41.4 Å². The molecule has 0 amide bonds. The Morgan fingerprint density at radius 3 is 2.90 bits per heavy atom. The molecule has 0 unspecified atom stereocenters. The summed E-state index contributed by atoms with van der Waals surface area (Å²) in [6.07, 6.45) is 4.12. The highest BCUT2D eigenvalue weighted by Crippen LogP contribution is 2.35. The summed E-state index contributed by atoms with van der Waals surface area (Å²) >= 11 is 1.74. The van der Waals surface area contributed by atoms with Gasteiger partial charge in [0.25, 0.3) is 0 Å². The zero-order chi connectivity index (χ0) is 14.2. The van der Waals surface area contributed by atoms with E-state index in [0.717, 1.165) is 29.0 Å². The third-order valence-corrected chi connectivity index (χ3v) is 4.56. The van der Waals surface area contributed by atoms with Crippen molar-refractivity contribution in [1.29, 1.82) is 0 Å². The predicted octanol–water partition coefficient (Wildman–Crippen LogP) is 3.44. The standard InChI is InChI=1S/C16H16N4S/c17-12-1-4-15-14(7-12)16(19-10-18-15)20(13-2-3-13)8-11-5-6-21-9-11/h1,4-7,9-10,13H,2-3,8,17H2. The molecule has 0 spiro atoms. The van der Waals surface area contributed by atoms with Gasteiger partial charge in [-0.15, -0.1) is 0 Å². The van der Waals surface area contributed by atoms with E-state index in [2.05, 4.69) is 31.7 Å². The average molecular weight is 296 g/mol. The minimum absolute atomic E-state index is 0.587. The number of fused-ring (bicyclic) bond motifs is 1. The summed E-state index contributed by atoms with van der Waals surface area (Å²) in [7, 11) is 0. The minimum Gasteiger partial charge on any atom is -0.399 e. The first-order valence-electron chi connectivity index (χ1n) is 7.09. The summed E-state index contributed by atoms with van der Waals surface area (Å²) < 4.78 is 0. The van der Waals surface area contributed by atoms with E-state index >= 15 is 0 Å². The first-order chi connectivity index (χ1) is 10.3. The van der Waals surface area contributed by atoms with E-state index in [1.54, 1.807) is 17.7 Å². The van der Waals surface area contributed by atoms with Crippen LogP contribution in [0.2, 0.25) is 0 Å². The molecule has 1 aliphatic rings. The number of hydrogen-bond acceptors (Lipinski definition) is 5. The van der Waals surface area contributed by atoms with Gasteiger partial charge in [-0.05, 0) is 53.4 Å². The molecule has 21 heavy (non-hydrogen) atoms. The molecule has 1 saturated carbocycles. The molecule has 4 rings (SSSR count). The normalized spacial score (nSPS) is 14.5. The van der Waals surface area contributed by atoms with Gasteiger partial charge in [-0.3, -0.25) is 0 Å². The average Bonchev–Trinajstić information content (AvgIpc) is 3.21. The summed E-state index contributed by atoms with van der Waals surface area (Å²) in [6, 6.07) is 8.60. The van der Waals surface area contributed by atoms with E-state index in [4.69, 9.17) is 5.73 Å². The molecular weight excluding hydrogens is 280 g/mol. The Balaban J connectivity index is 1.80. The van der Waals surface area contributed by atoms with Crippen LogP contribution in [0, 0.1) is 0 Å². The lowest BCUT2D eigenvalue weighted by molar-refractivity contribution is 0.783. The van der Waals surface area contributed by atoms with Gasteiger partial charge in [-0.25, -0.2) is 9.97 Å². The maximum atomic E-state index is 5.95. The minimum atomic E-state index is 0.587. The van der Waals surface area contributed by atoms with Crippen molar-refractivity contribution in [2.45, 2.75) is 25.4 Å². The molecule has 2 N–H and O–H groups in total. The molecule has 0 radical (unpaired) electrons. The summed E-state index contributed by atoms with van der Waals surface area (Å²) in [4.78, 5) is 11.3. The van der Waals surface area contributed by atoms with E-state index < -0.39 is 0 Å². The topological polar surface area (TPSA) is 55.0 Å². The molecular formula is C16H16N4S. The van der Waals surface area contributed by atoms with Gasteiger partial charge in [0, 0.05) is 23.7 Å². The zero-order valence-electron chi connectivity index (χ0n) is 11.6. The Morgan fingerprint density at radius 2 is 2.14 bits per heavy atom. The Bertz CT molecular complexity index is 765. The Kier molecular flexibility index (Phi) is 3.00. The highest BCUT2D eigenvalue weighted by molar-refractivity contribution is 7.07. The Morgan fingerprint density at radius 1 is 1.24 bits per heavy atom. The third-order valence-electron chi connectivity index (χ3n) is 3.83. The summed E-state index contributed by atoms with van der Waals surface area (Å²) in [5, 5.41) is 5.36. The number of aromatic nitrogens is 2. The highest BCUT2D eigenvalue weighted by atomic mass is 32.1. The van der Waals surface area contributed by atoms with E-state index in [0.29, 0.717) is 6.04 Å². The van der Waals surface area contributed by atoms with Gasteiger partial charge >= 0.3 is 0 Å². The maximum absolute atomic E-state index is 5.95. The number of nitrogen functional groups attached to an aromatic ring is 1. The lowest BCUT2D eigenvalue weighted by atomic mass is 10.2. The van der Waals surface area contributed by atoms with Crippen LogP contribution in [0.5, 0.6) is 0 Å². The zero-order valence-corrected chi connectivity index (χ0v) is 12.4. The van der Waals surface area contributed by atoms with Crippen molar-refractivity contribution >= 4 is 33.7 Å². The fourth-order valence-corrected chi connectivity index (χ4v) is 3.29.